The van der Waals surface area contributed by atoms with Crippen LogP contribution in [0.2, 0.25) is 6.04 Å². The van der Waals surface area contributed by atoms with Gasteiger partial charge in [0.1, 0.15) is 11.6 Å². The monoisotopic (exact) mass is 410 g/mol. The first-order chi connectivity index (χ1) is 14.1. The molecule has 0 saturated heterocycles. The number of benzene rings is 2. The van der Waals surface area contributed by atoms with E-state index in [-0.39, 0.29) is 5.57 Å². The summed E-state index contributed by atoms with van der Waals surface area (Å²) >= 11 is 0. The first-order valence-corrected chi connectivity index (χ1v) is 11.2. The van der Waals surface area contributed by atoms with Crippen LogP contribution < -0.4 is 5.32 Å². The van der Waals surface area contributed by atoms with Crippen molar-refractivity contribution in [2.75, 3.05) is 27.9 Å². The minimum absolute atomic E-state index is 0.0798. The number of hydrogen-bond acceptors (Lipinski definition) is 5. The summed E-state index contributed by atoms with van der Waals surface area (Å²) in [5.74, 6) is -0.408. The average molecular weight is 411 g/mol. The fraction of sp³-hybridized carbons (Fsp3) is 0.273. The van der Waals surface area contributed by atoms with Crippen LogP contribution >= 0.6 is 0 Å². The van der Waals surface area contributed by atoms with Gasteiger partial charge in [0.2, 0.25) is 0 Å². The maximum absolute atomic E-state index is 12.8. The first kappa shape index (κ1) is 22.5. The largest absolute Gasteiger partial charge is 0.500 e. The van der Waals surface area contributed by atoms with Crippen molar-refractivity contribution in [3.8, 4) is 6.07 Å². The third-order valence-corrected chi connectivity index (χ3v) is 7.42. The van der Waals surface area contributed by atoms with Crippen LogP contribution in [0, 0.1) is 11.3 Å². The van der Waals surface area contributed by atoms with Gasteiger partial charge >= 0.3 is 8.80 Å². The van der Waals surface area contributed by atoms with Crippen molar-refractivity contribution >= 4 is 20.3 Å². The molecular weight excluding hydrogens is 384 g/mol. The zero-order valence-electron chi connectivity index (χ0n) is 17.0. The second kappa shape index (κ2) is 11.3. The molecule has 0 bridgehead atoms. The normalized spacial score (nSPS) is 10.8. The molecule has 0 atom stereocenters. The summed E-state index contributed by atoms with van der Waals surface area (Å²) in [6.45, 7) is 0.381. The molecule has 6 nitrogen and oxygen atoms in total. The SMILES string of the molecule is CO[Si](CCCNC(=O)C(C#N)=C(c1ccccc1)c1ccccc1)(OC)OC. The van der Waals surface area contributed by atoms with Gasteiger partial charge in [-0.25, -0.2) is 0 Å². The van der Waals surface area contributed by atoms with Gasteiger partial charge in [-0.05, 0) is 17.5 Å². The molecule has 0 aliphatic heterocycles. The van der Waals surface area contributed by atoms with Crippen molar-refractivity contribution in [1.82, 2.24) is 5.32 Å². The summed E-state index contributed by atoms with van der Waals surface area (Å²) < 4.78 is 16.2. The van der Waals surface area contributed by atoms with Crippen molar-refractivity contribution in [2.45, 2.75) is 12.5 Å². The number of nitrogens with zero attached hydrogens (tertiary/aromatic N) is 1. The topological polar surface area (TPSA) is 80.6 Å². The van der Waals surface area contributed by atoms with E-state index in [2.05, 4.69) is 11.4 Å². The molecule has 152 valence electrons. The summed E-state index contributed by atoms with van der Waals surface area (Å²) in [4.78, 5) is 12.8. The third-order valence-electron chi connectivity index (χ3n) is 4.59. The van der Waals surface area contributed by atoms with E-state index in [0.717, 1.165) is 11.1 Å². The highest BCUT2D eigenvalue weighted by Gasteiger charge is 2.36. The van der Waals surface area contributed by atoms with E-state index < -0.39 is 14.7 Å². The van der Waals surface area contributed by atoms with Gasteiger partial charge < -0.3 is 18.6 Å². The third kappa shape index (κ3) is 5.86. The molecule has 0 spiro atoms. The number of nitrogens with one attached hydrogen (secondary N) is 1. The van der Waals surface area contributed by atoms with E-state index in [4.69, 9.17) is 13.3 Å². The van der Waals surface area contributed by atoms with Crippen molar-refractivity contribution in [1.29, 1.82) is 5.26 Å². The van der Waals surface area contributed by atoms with E-state index >= 15 is 0 Å². The Bertz CT molecular complexity index is 810. The zero-order valence-corrected chi connectivity index (χ0v) is 18.0. The number of nitriles is 1. The summed E-state index contributed by atoms with van der Waals surface area (Å²) in [6, 6.07) is 21.6. The standard InChI is InChI=1S/C22H26N2O4Si/c1-26-29(27-2,28-3)16-10-15-24-22(25)20(17-23)21(18-11-6-4-7-12-18)19-13-8-5-9-14-19/h4-9,11-14H,10,15-16H2,1-3H3,(H,24,25). The molecule has 0 aromatic heterocycles. The highest BCUT2D eigenvalue weighted by atomic mass is 28.4. The van der Waals surface area contributed by atoms with Crippen LogP contribution in [0.3, 0.4) is 0 Å². The number of carbonyl (C=O) groups is 1. The zero-order chi connectivity index (χ0) is 21.1. The van der Waals surface area contributed by atoms with E-state index in [9.17, 15) is 10.1 Å². The van der Waals surface area contributed by atoms with Crippen LogP contribution in [0.4, 0.5) is 0 Å². The second-order valence-corrected chi connectivity index (χ2v) is 9.34. The van der Waals surface area contributed by atoms with Gasteiger partial charge in [-0.2, -0.15) is 5.26 Å². The maximum atomic E-state index is 12.8. The fourth-order valence-corrected chi connectivity index (χ4v) is 4.76. The smallest absolute Gasteiger partial charge is 0.377 e. The Kier molecular flexibility index (Phi) is 8.77. The molecule has 0 aliphatic carbocycles. The van der Waals surface area contributed by atoms with Gasteiger partial charge in [-0.15, -0.1) is 0 Å². The minimum Gasteiger partial charge on any atom is -0.377 e. The minimum atomic E-state index is -2.68. The van der Waals surface area contributed by atoms with E-state index in [1.165, 1.54) is 0 Å². The Morgan fingerprint density at radius 3 is 1.83 bits per heavy atom. The Morgan fingerprint density at radius 2 is 1.41 bits per heavy atom. The van der Waals surface area contributed by atoms with Gasteiger partial charge in [0.25, 0.3) is 5.91 Å². The van der Waals surface area contributed by atoms with Gasteiger partial charge in [-0.3, -0.25) is 4.79 Å². The lowest BCUT2D eigenvalue weighted by Crippen LogP contribution is -2.43. The fourth-order valence-electron chi connectivity index (χ4n) is 3.04. The molecule has 2 aromatic rings. The van der Waals surface area contributed by atoms with Crippen LogP contribution in [0.25, 0.3) is 5.57 Å². The number of hydrogen-bond donors (Lipinski definition) is 1. The molecule has 2 rings (SSSR count). The lowest BCUT2D eigenvalue weighted by atomic mass is 9.93. The predicted molar refractivity (Wildman–Crippen MR) is 114 cm³/mol. The van der Waals surface area contributed by atoms with Crippen molar-refractivity contribution < 1.29 is 18.1 Å². The van der Waals surface area contributed by atoms with Crippen LogP contribution in [-0.2, 0) is 18.1 Å². The summed E-state index contributed by atoms with van der Waals surface area (Å²) in [6.07, 6.45) is 0.609. The van der Waals surface area contributed by atoms with Crippen molar-refractivity contribution in [2.24, 2.45) is 0 Å². The Balaban J connectivity index is 2.22. The Labute approximate surface area is 173 Å². The molecular formula is C22H26N2O4Si. The summed E-state index contributed by atoms with van der Waals surface area (Å²) in [7, 11) is 1.99. The van der Waals surface area contributed by atoms with Gasteiger partial charge in [0.05, 0.1) is 0 Å². The molecule has 7 heteroatoms. The molecule has 0 radical (unpaired) electrons. The van der Waals surface area contributed by atoms with Crippen LogP contribution in [0.1, 0.15) is 17.5 Å². The highest BCUT2D eigenvalue weighted by molar-refractivity contribution is 6.60. The summed E-state index contributed by atoms with van der Waals surface area (Å²) in [5.41, 5.74) is 2.32. The van der Waals surface area contributed by atoms with Gasteiger partial charge in [0, 0.05) is 39.5 Å². The van der Waals surface area contributed by atoms with Crippen LogP contribution in [0.5, 0.6) is 0 Å². The summed E-state index contributed by atoms with van der Waals surface area (Å²) in [5, 5.41) is 12.6. The van der Waals surface area contributed by atoms with Gasteiger partial charge in [0.15, 0.2) is 0 Å². The Hall–Kier alpha value is -2.76. The van der Waals surface area contributed by atoms with Gasteiger partial charge in [-0.1, -0.05) is 60.7 Å². The van der Waals surface area contributed by atoms with E-state index in [0.29, 0.717) is 24.6 Å². The average Bonchev–Trinajstić information content (AvgIpc) is 2.79. The second-order valence-electron chi connectivity index (χ2n) is 6.25. The number of amides is 1. The number of rotatable bonds is 10. The van der Waals surface area contributed by atoms with E-state index in [1.54, 1.807) is 21.3 Å². The van der Waals surface area contributed by atoms with Crippen molar-refractivity contribution in [3.05, 3.63) is 77.4 Å². The maximum Gasteiger partial charge on any atom is 0.500 e. The molecule has 2 aromatic carbocycles. The van der Waals surface area contributed by atoms with E-state index in [1.807, 2.05) is 60.7 Å². The number of carbonyl (C=O) groups excluding carboxylic acids is 1. The molecule has 0 aliphatic rings. The van der Waals surface area contributed by atoms with Crippen LogP contribution in [-0.4, -0.2) is 42.6 Å². The first-order valence-electron chi connectivity index (χ1n) is 9.29. The van der Waals surface area contributed by atoms with Crippen LogP contribution in [0.15, 0.2) is 66.2 Å². The molecule has 0 saturated carbocycles. The molecule has 0 fully saturated rings. The molecule has 29 heavy (non-hydrogen) atoms. The van der Waals surface area contributed by atoms with Crippen molar-refractivity contribution in [3.63, 3.8) is 0 Å². The molecule has 1 N–H and O–H groups in total. The molecule has 0 unspecified atom stereocenters. The lowest BCUT2D eigenvalue weighted by Gasteiger charge is -2.24. The molecule has 0 heterocycles. The lowest BCUT2D eigenvalue weighted by molar-refractivity contribution is -0.117. The highest BCUT2D eigenvalue weighted by Crippen LogP contribution is 2.27. The Morgan fingerprint density at radius 1 is 0.931 bits per heavy atom. The quantitative estimate of drug-likeness (QED) is 0.281. The predicted octanol–water partition coefficient (Wildman–Crippen LogP) is 3.40. The molecule has 1 amide bonds.